The zero-order valence-electron chi connectivity index (χ0n) is 8.74. The summed E-state index contributed by atoms with van der Waals surface area (Å²) in [5.74, 6) is 0.0118. The van der Waals surface area contributed by atoms with Crippen molar-refractivity contribution in [2.75, 3.05) is 6.61 Å². The number of carbonyl (C=O) groups is 1. The lowest BCUT2D eigenvalue weighted by Gasteiger charge is -2.05. The summed E-state index contributed by atoms with van der Waals surface area (Å²) in [5.41, 5.74) is 0. The summed E-state index contributed by atoms with van der Waals surface area (Å²) in [4.78, 5) is 10.9. The topological polar surface area (TPSA) is 35.5 Å². The first-order valence-corrected chi connectivity index (χ1v) is 4.51. The molecule has 0 bridgehead atoms. The van der Waals surface area contributed by atoms with Gasteiger partial charge in [-0.05, 0) is 19.8 Å². The summed E-state index contributed by atoms with van der Waals surface area (Å²) in [6, 6.07) is 0. The molecule has 0 radical (unpaired) electrons. The number of rotatable bonds is 5. The van der Waals surface area contributed by atoms with Crippen molar-refractivity contribution in [2.24, 2.45) is 5.92 Å². The minimum atomic E-state index is -0.352. The van der Waals surface area contributed by atoms with E-state index in [9.17, 15) is 4.79 Å². The van der Waals surface area contributed by atoms with E-state index in [0.29, 0.717) is 12.5 Å². The van der Waals surface area contributed by atoms with Crippen LogP contribution in [0, 0.1) is 5.92 Å². The van der Waals surface area contributed by atoms with E-state index in [1.54, 1.807) is 0 Å². The van der Waals surface area contributed by atoms with Gasteiger partial charge in [-0.2, -0.15) is 0 Å². The van der Waals surface area contributed by atoms with E-state index in [4.69, 9.17) is 9.47 Å². The van der Waals surface area contributed by atoms with Gasteiger partial charge < -0.3 is 9.47 Å². The van der Waals surface area contributed by atoms with E-state index in [1.165, 1.54) is 12.3 Å². The molecule has 0 fully saturated rings. The third kappa shape index (κ3) is 8.92. The fourth-order valence-electron chi connectivity index (χ4n) is 0.549. The van der Waals surface area contributed by atoms with Gasteiger partial charge in [0.05, 0.1) is 25.0 Å². The van der Waals surface area contributed by atoms with Crippen LogP contribution in [0.1, 0.15) is 27.7 Å². The summed E-state index contributed by atoms with van der Waals surface area (Å²) < 4.78 is 9.92. The molecule has 76 valence electrons. The Bertz CT molecular complexity index is 171. The maximum atomic E-state index is 10.9. The molecule has 0 heterocycles. The predicted molar refractivity (Wildman–Crippen MR) is 51.2 cm³/mol. The highest BCUT2D eigenvalue weighted by atomic mass is 16.5. The van der Waals surface area contributed by atoms with E-state index in [-0.39, 0.29) is 12.1 Å². The van der Waals surface area contributed by atoms with Crippen molar-refractivity contribution in [3.63, 3.8) is 0 Å². The number of ether oxygens (including phenoxy) is 2. The van der Waals surface area contributed by atoms with Crippen LogP contribution in [0.25, 0.3) is 0 Å². The second kappa shape index (κ2) is 6.52. The highest BCUT2D eigenvalue weighted by Gasteiger charge is 1.99. The van der Waals surface area contributed by atoms with Crippen molar-refractivity contribution >= 4 is 5.97 Å². The average molecular weight is 186 g/mol. The van der Waals surface area contributed by atoms with Crippen LogP contribution in [-0.4, -0.2) is 18.7 Å². The van der Waals surface area contributed by atoms with Gasteiger partial charge in [0.2, 0.25) is 0 Å². The van der Waals surface area contributed by atoms with Crippen LogP contribution in [0.5, 0.6) is 0 Å². The molecule has 0 aromatic heterocycles. The molecule has 13 heavy (non-hydrogen) atoms. The molecule has 3 nitrogen and oxygen atoms in total. The van der Waals surface area contributed by atoms with Gasteiger partial charge in [0.15, 0.2) is 0 Å². The Morgan fingerprint density at radius 2 is 1.92 bits per heavy atom. The van der Waals surface area contributed by atoms with Crippen LogP contribution in [0.3, 0.4) is 0 Å². The molecule has 0 aromatic rings. The van der Waals surface area contributed by atoms with Gasteiger partial charge in [-0.1, -0.05) is 13.8 Å². The first kappa shape index (κ1) is 12.0. The molecule has 0 atom stereocenters. The van der Waals surface area contributed by atoms with E-state index < -0.39 is 0 Å². The Hall–Kier alpha value is -0.990. The second-order valence-corrected chi connectivity index (χ2v) is 3.51. The van der Waals surface area contributed by atoms with Crippen LogP contribution >= 0.6 is 0 Å². The smallest absolute Gasteiger partial charge is 0.333 e. The quantitative estimate of drug-likeness (QED) is 0.375. The third-order valence-corrected chi connectivity index (χ3v) is 1.11. The van der Waals surface area contributed by atoms with Gasteiger partial charge in [-0.25, -0.2) is 4.79 Å². The van der Waals surface area contributed by atoms with E-state index in [2.05, 4.69) is 0 Å². The lowest BCUT2D eigenvalue weighted by Crippen LogP contribution is -2.07. The van der Waals surface area contributed by atoms with Gasteiger partial charge in [-0.3, -0.25) is 0 Å². The van der Waals surface area contributed by atoms with Gasteiger partial charge in [-0.15, -0.1) is 0 Å². The van der Waals surface area contributed by atoms with Gasteiger partial charge >= 0.3 is 5.97 Å². The summed E-state index contributed by atoms with van der Waals surface area (Å²) in [7, 11) is 0. The molecule has 0 amide bonds. The van der Waals surface area contributed by atoms with Gasteiger partial charge in [0, 0.05) is 0 Å². The molecule has 0 aliphatic rings. The first-order valence-electron chi connectivity index (χ1n) is 4.51. The minimum absolute atomic E-state index is 0.0918. The largest absolute Gasteiger partial charge is 0.498 e. The molecule has 0 aliphatic carbocycles. The Labute approximate surface area is 79.7 Å². The molecule has 0 aliphatic heterocycles. The first-order chi connectivity index (χ1) is 6.02. The molecule has 0 N–H and O–H groups in total. The van der Waals surface area contributed by atoms with Crippen LogP contribution in [0.2, 0.25) is 0 Å². The maximum absolute atomic E-state index is 10.9. The monoisotopic (exact) mass is 186 g/mol. The average Bonchev–Trinajstić information content (AvgIpc) is 2.00. The Morgan fingerprint density at radius 3 is 2.38 bits per heavy atom. The Morgan fingerprint density at radius 1 is 1.31 bits per heavy atom. The van der Waals surface area contributed by atoms with Crippen LogP contribution in [0.15, 0.2) is 12.3 Å². The summed E-state index contributed by atoms with van der Waals surface area (Å²) in [6.45, 7) is 8.21. The van der Waals surface area contributed by atoms with Crippen LogP contribution in [0.4, 0.5) is 0 Å². The second-order valence-electron chi connectivity index (χ2n) is 3.51. The lowest BCUT2D eigenvalue weighted by atomic mass is 10.2. The van der Waals surface area contributed by atoms with Crippen LogP contribution < -0.4 is 0 Å². The lowest BCUT2D eigenvalue weighted by molar-refractivity contribution is -0.138. The molecule has 0 saturated heterocycles. The van der Waals surface area contributed by atoms with Crippen molar-refractivity contribution in [3.8, 4) is 0 Å². The summed E-state index contributed by atoms with van der Waals surface area (Å²) in [5, 5.41) is 0. The molecule has 0 spiro atoms. The fourth-order valence-corrected chi connectivity index (χ4v) is 0.549. The maximum Gasteiger partial charge on any atom is 0.333 e. The summed E-state index contributed by atoms with van der Waals surface area (Å²) >= 11 is 0. The standard InChI is InChI=1S/C10H18O3/c1-8(2)7-13-10(11)5-6-12-9(3)4/h5-6,8-9H,7H2,1-4H3/b6-5+. The molecule has 0 rings (SSSR count). The zero-order valence-corrected chi connectivity index (χ0v) is 8.74. The fraction of sp³-hybridized carbons (Fsp3) is 0.700. The highest BCUT2D eigenvalue weighted by molar-refractivity contribution is 5.81. The zero-order chi connectivity index (χ0) is 10.3. The number of carbonyl (C=O) groups excluding carboxylic acids is 1. The molecular weight excluding hydrogens is 168 g/mol. The van der Waals surface area contributed by atoms with E-state index in [0.717, 1.165) is 0 Å². The molecule has 0 saturated carbocycles. The molecule has 3 heteroatoms. The predicted octanol–water partition coefficient (Wildman–Crippen LogP) is 2.12. The highest BCUT2D eigenvalue weighted by Crippen LogP contribution is 1.94. The van der Waals surface area contributed by atoms with Crippen molar-refractivity contribution in [1.29, 1.82) is 0 Å². The van der Waals surface area contributed by atoms with Crippen molar-refractivity contribution in [3.05, 3.63) is 12.3 Å². The SMILES string of the molecule is CC(C)COC(=O)/C=C/OC(C)C. The van der Waals surface area contributed by atoms with Crippen molar-refractivity contribution < 1.29 is 14.3 Å². The number of hydrogen-bond acceptors (Lipinski definition) is 3. The third-order valence-electron chi connectivity index (χ3n) is 1.11. The molecular formula is C10H18O3. The van der Waals surface area contributed by atoms with Gasteiger partial charge in [0.25, 0.3) is 0 Å². The van der Waals surface area contributed by atoms with Crippen LogP contribution in [-0.2, 0) is 14.3 Å². The van der Waals surface area contributed by atoms with Crippen molar-refractivity contribution in [1.82, 2.24) is 0 Å². The Balaban J connectivity index is 3.56. The number of esters is 1. The van der Waals surface area contributed by atoms with Gasteiger partial charge in [0.1, 0.15) is 0 Å². The summed E-state index contributed by atoms with van der Waals surface area (Å²) in [6.07, 6.45) is 2.75. The number of hydrogen-bond donors (Lipinski definition) is 0. The normalized spacial score (nSPS) is 11.2. The van der Waals surface area contributed by atoms with E-state index >= 15 is 0 Å². The van der Waals surface area contributed by atoms with Crippen molar-refractivity contribution in [2.45, 2.75) is 33.8 Å². The minimum Gasteiger partial charge on any atom is -0.498 e. The molecule has 0 aromatic carbocycles. The van der Waals surface area contributed by atoms with E-state index in [1.807, 2.05) is 27.7 Å². The Kier molecular flexibility index (Phi) is 6.02. The molecule has 0 unspecified atom stereocenters.